The highest BCUT2D eigenvalue weighted by Crippen LogP contribution is 2.30. The van der Waals surface area contributed by atoms with E-state index in [1.54, 1.807) is 12.1 Å². The first-order chi connectivity index (χ1) is 13.7. The van der Waals surface area contributed by atoms with Crippen LogP contribution in [-0.2, 0) is 12.6 Å². The highest BCUT2D eigenvalue weighted by Gasteiger charge is 2.36. The van der Waals surface area contributed by atoms with Gasteiger partial charge >= 0.3 is 6.18 Å². The summed E-state index contributed by atoms with van der Waals surface area (Å²) in [7, 11) is 0. The number of nitrogens with zero attached hydrogens (tertiary/aromatic N) is 2. The first-order valence-corrected chi connectivity index (χ1v) is 9.22. The van der Waals surface area contributed by atoms with Gasteiger partial charge in [0, 0.05) is 12.7 Å². The zero-order chi connectivity index (χ0) is 21.0. The molecule has 0 bridgehead atoms. The topological polar surface area (TPSA) is 54.9 Å². The SMILES string of the molecule is O=C(NCCc1ccc(-c2cc(Cl)nc(Cl)c2)cc1)c1cccnc1C(F)(F)F. The average molecular weight is 440 g/mol. The molecule has 2 heterocycles. The van der Waals surface area contributed by atoms with Gasteiger partial charge in [0.15, 0.2) is 5.69 Å². The Balaban J connectivity index is 1.62. The maximum Gasteiger partial charge on any atom is 0.434 e. The zero-order valence-corrected chi connectivity index (χ0v) is 16.3. The summed E-state index contributed by atoms with van der Waals surface area (Å²) in [5.74, 6) is -0.817. The fraction of sp³-hybridized carbons (Fsp3) is 0.150. The summed E-state index contributed by atoms with van der Waals surface area (Å²) < 4.78 is 38.9. The third-order valence-electron chi connectivity index (χ3n) is 4.07. The van der Waals surface area contributed by atoms with Crippen LogP contribution in [0.15, 0.2) is 54.7 Å². The lowest BCUT2D eigenvalue weighted by Crippen LogP contribution is -2.28. The van der Waals surface area contributed by atoms with Crippen LogP contribution in [0.3, 0.4) is 0 Å². The summed E-state index contributed by atoms with van der Waals surface area (Å²) in [4.78, 5) is 19.3. The smallest absolute Gasteiger partial charge is 0.352 e. The van der Waals surface area contributed by atoms with Gasteiger partial charge in [-0.2, -0.15) is 13.2 Å². The molecule has 0 atom stereocenters. The molecule has 0 fully saturated rings. The minimum absolute atomic E-state index is 0.178. The number of hydrogen-bond acceptors (Lipinski definition) is 3. The predicted octanol–water partition coefficient (Wildman–Crippen LogP) is 5.44. The molecular formula is C20H14Cl2F3N3O. The van der Waals surface area contributed by atoms with Gasteiger partial charge in [-0.05, 0) is 47.4 Å². The van der Waals surface area contributed by atoms with E-state index in [1.165, 1.54) is 6.07 Å². The molecule has 0 saturated carbocycles. The summed E-state index contributed by atoms with van der Waals surface area (Å²) in [6, 6.07) is 13.2. The van der Waals surface area contributed by atoms with Crippen molar-refractivity contribution in [3.8, 4) is 11.1 Å². The van der Waals surface area contributed by atoms with Crippen LogP contribution in [0, 0.1) is 0 Å². The third kappa shape index (κ3) is 5.46. The molecule has 1 aromatic carbocycles. The minimum atomic E-state index is -4.69. The van der Waals surface area contributed by atoms with Crippen molar-refractivity contribution >= 4 is 29.1 Å². The molecule has 0 unspecified atom stereocenters. The number of alkyl halides is 3. The van der Waals surface area contributed by atoms with Crippen molar-refractivity contribution in [1.82, 2.24) is 15.3 Å². The van der Waals surface area contributed by atoms with Gasteiger partial charge in [0.05, 0.1) is 5.56 Å². The van der Waals surface area contributed by atoms with Gasteiger partial charge in [0.25, 0.3) is 5.91 Å². The van der Waals surface area contributed by atoms with Crippen molar-refractivity contribution in [2.45, 2.75) is 12.6 Å². The molecule has 150 valence electrons. The second-order valence-electron chi connectivity index (χ2n) is 6.10. The average Bonchev–Trinajstić information content (AvgIpc) is 2.67. The summed E-state index contributed by atoms with van der Waals surface area (Å²) in [5, 5.41) is 3.07. The molecule has 9 heteroatoms. The van der Waals surface area contributed by atoms with E-state index in [0.29, 0.717) is 6.42 Å². The zero-order valence-electron chi connectivity index (χ0n) is 14.8. The number of rotatable bonds is 5. The number of pyridine rings is 2. The van der Waals surface area contributed by atoms with E-state index < -0.39 is 23.3 Å². The standard InChI is InChI=1S/C20H14Cl2F3N3O/c21-16-10-14(11-17(22)28-16)13-5-3-12(4-6-13)7-9-27-19(29)15-2-1-8-26-18(15)20(23,24)25/h1-6,8,10-11H,7,9H2,(H,27,29). The van der Waals surface area contributed by atoms with E-state index in [-0.39, 0.29) is 16.9 Å². The van der Waals surface area contributed by atoms with E-state index in [9.17, 15) is 18.0 Å². The third-order valence-corrected chi connectivity index (χ3v) is 4.46. The molecule has 1 amide bonds. The molecule has 0 aliphatic carbocycles. The quantitative estimate of drug-likeness (QED) is 0.538. The molecule has 2 aromatic heterocycles. The van der Waals surface area contributed by atoms with E-state index in [1.807, 2.05) is 24.3 Å². The van der Waals surface area contributed by atoms with E-state index in [0.717, 1.165) is 29.0 Å². The number of carbonyl (C=O) groups excluding carboxylic acids is 1. The fourth-order valence-corrected chi connectivity index (χ4v) is 3.19. The number of carbonyl (C=O) groups is 1. The van der Waals surface area contributed by atoms with Gasteiger partial charge in [0.2, 0.25) is 0 Å². The highest BCUT2D eigenvalue weighted by molar-refractivity contribution is 6.32. The number of halogens is 5. The van der Waals surface area contributed by atoms with Gasteiger partial charge in [0.1, 0.15) is 10.3 Å². The second-order valence-corrected chi connectivity index (χ2v) is 6.88. The van der Waals surface area contributed by atoms with Crippen LogP contribution in [0.4, 0.5) is 13.2 Å². The van der Waals surface area contributed by atoms with E-state index >= 15 is 0 Å². The Hall–Kier alpha value is -2.64. The van der Waals surface area contributed by atoms with Gasteiger partial charge < -0.3 is 5.32 Å². The Morgan fingerprint density at radius 2 is 1.66 bits per heavy atom. The summed E-state index contributed by atoms with van der Waals surface area (Å²) in [6.45, 7) is 0.178. The van der Waals surface area contributed by atoms with Crippen molar-refractivity contribution in [3.05, 3.63) is 81.9 Å². The summed E-state index contributed by atoms with van der Waals surface area (Å²) >= 11 is 11.8. The molecule has 0 radical (unpaired) electrons. The van der Waals surface area contributed by atoms with Crippen LogP contribution in [0.1, 0.15) is 21.6 Å². The van der Waals surface area contributed by atoms with Crippen molar-refractivity contribution in [3.63, 3.8) is 0 Å². The summed E-state index contributed by atoms with van der Waals surface area (Å²) in [6.07, 6.45) is -3.24. The molecule has 3 rings (SSSR count). The number of amides is 1. The monoisotopic (exact) mass is 439 g/mol. The van der Waals surface area contributed by atoms with Crippen LogP contribution < -0.4 is 5.32 Å². The minimum Gasteiger partial charge on any atom is -0.352 e. The molecule has 0 spiro atoms. The molecule has 0 aliphatic rings. The Morgan fingerprint density at radius 1 is 1.00 bits per heavy atom. The van der Waals surface area contributed by atoms with Crippen molar-refractivity contribution in [1.29, 1.82) is 0 Å². The summed E-state index contributed by atoms with van der Waals surface area (Å²) in [5.41, 5.74) is 0.904. The highest BCUT2D eigenvalue weighted by atomic mass is 35.5. The maximum atomic E-state index is 13.0. The van der Waals surface area contributed by atoms with Crippen molar-refractivity contribution in [2.24, 2.45) is 0 Å². The Labute approximate surface area is 174 Å². The second kappa shape index (κ2) is 8.80. The molecule has 0 aliphatic heterocycles. The van der Waals surface area contributed by atoms with E-state index in [2.05, 4.69) is 15.3 Å². The number of aromatic nitrogens is 2. The van der Waals surface area contributed by atoms with Crippen LogP contribution in [0.25, 0.3) is 11.1 Å². The number of hydrogen-bond donors (Lipinski definition) is 1. The van der Waals surface area contributed by atoms with Crippen LogP contribution in [0.5, 0.6) is 0 Å². The van der Waals surface area contributed by atoms with Gasteiger partial charge in [-0.3, -0.25) is 9.78 Å². The molecule has 3 aromatic rings. The maximum absolute atomic E-state index is 13.0. The van der Waals surface area contributed by atoms with Gasteiger partial charge in [-0.25, -0.2) is 4.98 Å². The first kappa shape index (κ1) is 21.1. The first-order valence-electron chi connectivity index (χ1n) is 8.47. The Bertz CT molecular complexity index is 1000. The fourth-order valence-electron chi connectivity index (χ4n) is 2.73. The molecule has 0 saturated heterocycles. The molecule has 1 N–H and O–H groups in total. The Kier molecular flexibility index (Phi) is 6.39. The van der Waals surface area contributed by atoms with Gasteiger partial charge in [-0.15, -0.1) is 0 Å². The Morgan fingerprint density at radius 3 is 2.28 bits per heavy atom. The van der Waals surface area contributed by atoms with Gasteiger partial charge in [-0.1, -0.05) is 47.5 Å². The number of nitrogens with one attached hydrogen (secondary N) is 1. The van der Waals surface area contributed by atoms with Crippen molar-refractivity contribution < 1.29 is 18.0 Å². The van der Waals surface area contributed by atoms with Crippen LogP contribution in [0.2, 0.25) is 10.3 Å². The van der Waals surface area contributed by atoms with Crippen LogP contribution >= 0.6 is 23.2 Å². The van der Waals surface area contributed by atoms with E-state index in [4.69, 9.17) is 23.2 Å². The molecule has 29 heavy (non-hydrogen) atoms. The molecule has 4 nitrogen and oxygen atoms in total. The lowest BCUT2D eigenvalue weighted by molar-refractivity contribution is -0.141. The lowest BCUT2D eigenvalue weighted by Gasteiger charge is -2.11. The predicted molar refractivity (Wildman–Crippen MR) is 105 cm³/mol. The lowest BCUT2D eigenvalue weighted by atomic mass is 10.0. The molecular weight excluding hydrogens is 426 g/mol. The normalized spacial score (nSPS) is 11.3. The largest absolute Gasteiger partial charge is 0.434 e. The van der Waals surface area contributed by atoms with Crippen molar-refractivity contribution in [2.75, 3.05) is 6.54 Å². The number of benzene rings is 1. The van der Waals surface area contributed by atoms with Crippen LogP contribution in [-0.4, -0.2) is 22.4 Å².